The molecule has 1 aromatic heterocycles. The zero-order chi connectivity index (χ0) is 15.2. The maximum atomic E-state index is 4.99. The molecule has 114 valence electrons. The standard InChI is InChI=1S/C15H24N6/c1-6-11-9(2)16-14(15(3,4)5)21-8-10(7-12(11)21)13-17-19-20-18-13/h9-10H,6-8H2,1-5H3,(H,17,18,19,20)/t9-,10+/m0/s1. The van der Waals surface area contributed by atoms with Gasteiger partial charge in [-0.2, -0.15) is 0 Å². The molecule has 0 radical (unpaired) electrons. The lowest BCUT2D eigenvalue weighted by Gasteiger charge is -2.37. The number of allylic oxidation sites excluding steroid dienone is 1. The fourth-order valence-electron chi connectivity index (χ4n) is 3.45. The number of fused-ring (bicyclic) bond motifs is 1. The molecule has 3 rings (SSSR count). The van der Waals surface area contributed by atoms with Crippen molar-refractivity contribution in [3.05, 3.63) is 17.1 Å². The minimum Gasteiger partial charge on any atom is -0.333 e. The van der Waals surface area contributed by atoms with Crippen LogP contribution in [0.25, 0.3) is 0 Å². The summed E-state index contributed by atoms with van der Waals surface area (Å²) in [6.45, 7) is 12.0. The third-order valence-corrected chi connectivity index (χ3v) is 4.42. The summed E-state index contributed by atoms with van der Waals surface area (Å²) in [6.07, 6.45) is 2.05. The van der Waals surface area contributed by atoms with Crippen LogP contribution in [0.5, 0.6) is 0 Å². The van der Waals surface area contributed by atoms with E-state index in [9.17, 15) is 0 Å². The van der Waals surface area contributed by atoms with Gasteiger partial charge in [0.2, 0.25) is 0 Å². The Kier molecular flexibility index (Phi) is 3.34. The third kappa shape index (κ3) is 2.36. The molecule has 21 heavy (non-hydrogen) atoms. The van der Waals surface area contributed by atoms with E-state index in [1.54, 1.807) is 0 Å². The van der Waals surface area contributed by atoms with E-state index in [-0.39, 0.29) is 11.5 Å². The van der Waals surface area contributed by atoms with Gasteiger partial charge in [-0.3, -0.25) is 4.99 Å². The summed E-state index contributed by atoms with van der Waals surface area (Å²) in [7, 11) is 0. The van der Waals surface area contributed by atoms with Gasteiger partial charge in [-0.05, 0) is 35.8 Å². The van der Waals surface area contributed by atoms with Crippen LogP contribution in [0, 0.1) is 5.41 Å². The summed E-state index contributed by atoms with van der Waals surface area (Å²) < 4.78 is 0. The summed E-state index contributed by atoms with van der Waals surface area (Å²) in [6, 6.07) is 0.280. The topological polar surface area (TPSA) is 70.1 Å². The van der Waals surface area contributed by atoms with Crippen LogP contribution in [-0.4, -0.2) is 43.9 Å². The van der Waals surface area contributed by atoms with Gasteiger partial charge < -0.3 is 4.90 Å². The summed E-state index contributed by atoms with van der Waals surface area (Å²) in [5.41, 5.74) is 2.94. The zero-order valence-electron chi connectivity index (χ0n) is 13.5. The number of nitrogens with zero attached hydrogens (tertiary/aromatic N) is 5. The van der Waals surface area contributed by atoms with E-state index in [2.05, 4.69) is 60.1 Å². The van der Waals surface area contributed by atoms with E-state index < -0.39 is 0 Å². The first kappa shape index (κ1) is 14.2. The fourth-order valence-corrected chi connectivity index (χ4v) is 3.45. The third-order valence-electron chi connectivity index (χ3n) is 4.42. The highest BCUT2D eigenvalue weighted by Crippen LogP contribution is 2.41. The molecule has 6 nitrogen and oxygen atoms in total. The first-order chi connectivity index (χ1) is 9.91. The molecule has 0 aromatic carbocycles. The largest absolute Gasteiger partial charge is 0.333 e. The lowest BCUT2D eigenvalue weighted by Crippen LogP contribution is -2.41. The van der Waals surface area contributed by atoms with Gasteiger partial charge >= 0.3 is 0 Å². The zero-order valence-corrected chi connectivity index (χ0v) is 13.5. The first-order valence-corrected chi connectivity index (χ1v) is 7.73. The highest BCUT2D eigenvalue weighted by Gasteiger charge is 2.40. The van der Waals surface area contributed by atoms with Crippen LogP contribution < -0.4 is 0 Å². The van der Waals surface area contributed by atoms with Crippen molar-refractivity contribution in [1.29, 1.82) is 0 Å². The van der Waals surface area contributed by atoms with E-state index in [4.69, 9.17) is 4.99 Å². The van der Waals surface area contributed by atoms with Crippen molar-refractivity contribution in [2.45, 2.75) is 59.4 Å². The van der Waals surface area contributed by atoms with Gasteiger partial charge in [0.05, 0.1) is 6.04 Å². The van der Waals surface area contributed by atoms with Crippen LogP contribution in [0.15, 0.2) is 16.3 Å². The number of hydrogen-bond donors (Lipinski definition) is 1. The number of nitrogens with one attached hydrogen (secondary N) is 1. The lowest BCUT2D eigenvalue weighted by molar-refractivity contribution is 0.437. The number of aromatic nitrogens is 4. The second-order valence-corrected chi connectivity index (χ2v) is 7.00. The molecule has 6 heteroatoms. The normalized spacial score (nSPS) is 26.1. The van der Waals surface area contributed by atoms with Gasteiger partial charge in [0.25, 0.3) is 0 Å². The minimum atomic E-state index is 0.0489. The van der Waals surface area contributed by atoms with E-state index in [1.807, 2.05) is 0 Å². The van der Waals surface area contributed by atoms with Gasteiger partial charge in [0, 0.05) is 23.6 Å². The average molecular weight is 288 g/mol. The molecule has 1 aromatic rings. The number of aromatic amines is 1. The van der Waals surface area contributed by atoms with Crippen LogP contribution >= 0.6 is 0 Å². The summed E-state index contributed by atoms with van der Waals surface area (Å²) in [5, 5.41) is 14.5. The Bertz CT molecular complexity index is 578. The highest BCUT2D eigenvalue weighted by atomic mass is 15.5. The molecule has 1 N–H and O–H groups in total. The summed E-state index contributed by atoms with van der Waals surface area (Å²) in [4.78, 5) is 7.40. The quantitative estimate of drug-likeness (QED) is 0.907. The van der Waals surface area contributed by atoms with Crippen LogP contribution in [-0.2, 0) is 0 Å². The molecule has 2 aliphatic heterocycles. The molecule has 0 unspecified atom stereocenters. The molecular formula is C15H24N6. The molecule has 1 saturated heterocycles. The maximum Gasteiger partial charge on any atom is 0.153 e. The van der Waals surface area contributed by atoms with Crippen LogP contribution in [0.2, 0.25) is 0 Å². The van der Waals surface area contributed by atoms with E-state index in [0.717, 1.165) is 25.2 Å². The molecular weight excluding hydrogens is 264 g/mol. The maximum absolute atomic E-state index is 4.99. The van der Waals surface area contributed by atoms with E-state index in [0.29, 0.717) is 5.92 Å². The molecule has 0 saturated carbocycles. The van der Waals surface area contributed by atoms with E-state index in [1.165, 1.54) is 17.1 Å². The Labute approximate surface area is 125 Å². The SMILES string of the molecule is CCC1=C2C[C@@H](c3nnn[nH]3)CN2C(C(C)(C)C)=N[C@H]1C. The van der Waals surface area contributed by atoms with E-state index >= 15 is 0 Å². The monoisotopic (exact) mass is 288 g/mol. The Balaban J connectivity index is 1.99. The smallest absolute Gasteiger partial charge is 0.153 e. The van der Waals surface area contributed by atoms with Crippen molar-refractivity contribution < 1.29 is 0 Å². The van der Waals surface area contributed by atoms with Gasteiger partial charge in [-0.15, -0.1) is 5.10 Å². The predicted molar refractivity (Wildman–Crippen MR) is 81.9 cm³/mol. The number of rotatable bonds is 2. The Morgan fingerprint density at radius 1 is 1.33 bits per heavy atom. The van der Waals surface area contributed by atoms with Gasteiger partial charge in [0.15, 0.2) is 5.82 Å². The summed E-state index contributed by atoms with van der Waals surface area (Å²) >= 11 is 0. The van der Waals surface area contributed by atoms with Crippen LogP contribution in [0.3, 0.4) is 0 Å². The molecule has 0 bridgehead atoms. The van der Waals surface area contributed by atoms with Crippen LogP contribution in [0.4, 0.5) is 0 Å². The fraction of sp³-hybridized carbons (Fsp3) is 0.733. The number of aliphatic imine (C=N–C) groups is 1. The Hall–Kier alpha value is -1.72. The number of hydrogen-bond acceptors (Lipinski definition) is 5. The van der Waals surface area contributed by atoms with Crippen LogP contribution in [0.1, 0.15) is 59.2 Å². The predicted octanol–water partition coefficient (Wildman–Crippen LogP) is 2.50. The van der Waals surface area contributed by atoms with Crippen molar-refractivity contribution >= 4 is 5.84 Å². The minimum absolute atomic E-state index is 0.0489. The van der Waals surface area contributed by atoms with Gasteiger partial charge in [-0.1, -0.05) is 27.7 Å². The molecule has 3 heterocycles. The van der Waals surface area contributed by atoms with Gasteiger partial charge in [-0.25, -0.2) is 5.10 Å². The second kappa shape index (κ2) is 4.93. The highest BCUT2D eigenvalue weighted by molar-refractivity contribution is 5.90. The van der Waals surface area contributed by atoms with Crippen molar-refractivity contribution in [1.82, 2.24) is 25.5 Å². The Morgan fingerprint density at radius 2 is 2.10 bits per heavy atom. The molecule has 0 spiro atoms. The number of tetrazole rings is 1. The molecule has 0 aliphatic carbocycles. The van der Waals surface area contributed by atoms with Gasteiger partial charge in [0.1, 0.15) is 5.84 Å². The number of H-pyrrole nitrogens is 1. The molecule has 0 amide bonds. The number of amidine groups is 1. The Morgan fingerprint density at radius 3 is 2.67 bits per heavy atom. The van der Waals surface area contributed by atoms with Crippen molar-refractivity contribution in [3.63, 3.8) is 0 Å². The molecule has 1 fully saturated rings. The van der Waals surface area contributed by atoms with Crippen molar-refractivity contribution in [2.75, 3.05) is 6.54 Å². The lowest BCUT2D eigenvalue weighted by atomic mass is 9.90. The van der Waals surface area contributed by atoms with Crippen molar-refractivity contribution in [2.24, 2.45) is 10.4 Å². The first-order valence-electron chi connectivity index (χ1n) is 7.73. The summed E-state index contributed by atoms with van der Waals surface area (Å²) in [5.74, 6) is 2.40. The second-order valence-electron chi connectivity index (χ2n) is 7.00. The van der Waals surface area contributed by atoms with Crippen molar-refractivity contribution in [3.8, 4) is 0 Å². The molecule has 2 aliphatic rings. The average Bonchev–Trinajstić information content (AvgIpc) is 3.05. The molecule has 2 atom stereocenters.